The smallest absolute Gasteiger partial charge is 0.00177 e. The Morgan fingerprint density at radius 1 is 1.38 bits per heavy atom. The molecule has 1 heterocycles. The minimum Gasteiger partial charge on any atom is -0.316 e. The Kier molecular flexibility index (Phi) is 2.36. The van der Waals surface area contributed by atoms with Gasteiger partial charge in [0.05, 0.1) is 0 Å². The lowest BCUT2D eigenvalue weighted by Gasteiger charge is -2.12. The summed E-state index contributed by atoms with van der Waals surface area (Å²) in [5.41, 5.74) is 4.46. The number of hydrogen-bond donors (Lipinski definition) is 1. The molecule has 0 radical (unpaired) electrons. The maximum atomic E-state index is 3.46. The summed E-state index contributed by atoms with van der Waals surface area (Å²) in [6.07, 6.45) is 1.18. The van der Waals surface area contributed by atoms with Crippen LogP contribution in [0.1, 0.15) is 29.5 Å². The highest BCUT2D eigenvalue weighted by molar-refractivity contribution is 5.35. The topological polar surface area (TPSA) is 12.0 Å². The predicted octanol–water partition coefficient (Wildman–Crippen LogP) is 2.24. The molecule has 0 fully saturated rings. The SMILES string of the molecule is Cc1ccc2c(c1)CCNCC2C. The lowest BCUT2D eigenvalue weighted by molar-refractivity contribution is 0.644. The van der Waals surface area contributed by atoms with Crippen molar-refractivity contribution in [1.29, 1.82) is 0 Å². The van der Waals surface area contributed by atoms with Gasteiger partial charge >= 0.3 is 0 Å². The van der Waals surface area contributed by atoms with E-state index < -0.39 is 0 Å². The third-order valence-corrected chi connectivity index (χ3v) is 2.85. The fourth-order valence-electron chi connectivity index (χ4n) is 2.08. The second-order valence-corrected chi connectivity index (χ2v) is 4.06. The van der Waals surface area contributed by atoms with Gasteiger partial charge in [0.2, 0.25) is 0 Å². The van der Waals surface area contributed by atoms with Crippen molar-refractivity contribution in [3.05, 3.63) is 34.9 Å². The van der Waals surface area contributed by atoms with Crippen molar-refractivity contribution >= 4 is 0 Å². The van der Waals surface area contributed by atoms with Crippen molar-refractivity contribution in [1.82, 2.24) is 5.32 Å². The molecule has 0 saturated heterocycles. The fraction of sp³-hybridized carbons (Fsp3) is 0.500. The van der Waals surface area contributed by atoms with Crippen molar-refractivity contribution in [3.63, 3.8) is 0 Å². The Hall–Kier alpha value is -0.820. The molecule has 0 aliphatic carbocycles. The Balaban J connectivity index is 2.42. The summed E-state index contributed by atoms with van der Waals surface area (Å²) in [6, 6.07) is 6.85. The molecule has 1 N–H and O–H groups in total. The first-order chi connectivity index (χ1) is 6.27. The highest BCUT2D eigenvalue weighted by Gasteiger charge is 2.13. The van der Waals surface area contributed by atoms with Gasteiger partial charge < -0.3 is 5.32 Å². The minimum atomic E-state index is 0.665. The molecular formula is C12H17N. The number of rotatable bonds is 0. The summed E-state index contributed by atoms with van der Waals surface area (Å²) in [5.74, 6) is 0.665. The summed E-state index contributed by atoms with van der Waals surface area (Å²) in [5, 5.41) is 3.46. The van der Waals surface area contributed by atoms with E-state index in [1.165, 1.54) is 23.1 Å². The molecule has 1 aromatic carbocycles. The van der Waals surface area contributed by atoms with Gasteiger partial charge in [-0.3, -0.25) is 0 Å². The number of aryl methyl sites for hydroxylation is 1. The van der Waals surface area contributed by atoms with Crippen LogP contribution in [-0.4, -0.2) is 13.1 Å². The number of hydrogen-bond acceptors (Lipinski definition) is 1. The first-order valence-electron chi connectivity index (χ1n) is 5.07. The van der Waals surface area contributed by atoms with Gasteiger partial charge in [-0.2, -0.15) is 0 Å². The summed E-state index contributed by atoms with van der Waals surface area (Å²) in [6.45, 7) is 6.71. The molecule has 1 nitrogen and oxygen atoms in total. The molecule has 1 heteroatoms. The first-order valence-corrected chi connectivity index (χ1v) is 5.07. The normalized spacial score (nSPS) is 22.2. The summed E-state index contributed by atoms with van der Waals surface area (Å²) in [4.78, 5) is 0. The van der Waals surface area contributed by atoms with Crippen LogP contribution in [0, 0.1) is 6.92 Å². The van der Waals surface area contributed by atoms with Crippen molar-refractivity contribution in [2.24, 2.45) is 0 Å². The van der Waals surface area contributed by atoms with Crippen LogP contribution in [0.5, 0.6) is 0 Å². The Morgan fingerprint density at radius 3 is 3.08 bits per heavy atom. The third kappa shape index (κ3) is 1.75. The molecule has 0 spiro atoms. The summed E-state index contributed by atoms with van der Waals surface area (Å²) in [7, 11) is 0. The molecule has 70 valence electrons. The molecule has 0 saturated carbocycles. The van der Waals surface area contributed by atoms with Gasteiger partial charge in [0.1, 0.15) is 0 Å². The standard InChI is InChI=1S/C12H17N/c1-9-3-4-12-10(2)8-13-6-5-11(12)7-9/h3-4,7,10,13H,5-6,8H2,1-2H3. The number of fused-ring (bicyclic) bond motifs is 1. The van der Waals surface area contributed by atoms with E-state index in [2.05, 4.69) is 37.4 Å². The zero-order valence-electron chi connectivity index (χ0n) is 8.43. The average Bonchev–Trinajstić information content (AvgIpc) is 2.28. The second kappa shape index (κ2) is 3.51. The van der Waals surface area contributed by atoms with E-state index in [1.807, 2.05) is 0 Å². The van der Waals surface area contributed by atoms with Crippen molar-refractivity contribution in [2.75, 3.05) is 13.1 Å². The molecule has 13 heavy (non-hydrogen) atoms. The first kappa shape index (κ1) is 8.76. The van der Waals surface area contributed by atoms with Crippen LogP contribution in [0.25, 0.3) is 0 Å². The van der Waals surface area contributed by atoms with E-state index in [0.717, 1.165) is 13.1 Å². The molecule has 0 bridgehead atoms. The maximum absolute atomic E-state index is 3.46. The van der Waals surface area contributed by atoms with Crippen LogP contribution < -0.4 is 5.32 Å². The molecule has 0 amide bonds. The van der Waals surface area contributed by atoms with Gasteiger partial charge in [-0.15, -0.1) is 0 Å². The lowest BCUT2D eigenvalue weighted by Crippen LogP contribution is -2.18. The summed E-state index contributed by atoms with van der Waals surface area (Å²) >= 11 is 0. The molecule has 1 unspecified atom stereocenters. The zero-order valence-corrected chi connectivity index (χ0v) is 8.43. The highest BCUT2D eigenvalue weighted by Crippen LogP contribution is 2.22. The summed E-state index contributed by atoms with van der Waals surface area (Å²) < 4.78 is 0. The molecule has 1 atom stereocenters. The maximum Gasteiger partial charge on any atom is 0.00177 e. The third-order valence-electron chi connectivity index (χ3n) is 2.85. The van der Waals surface area contributed by atoms with Gasteiger partial charge in [0.15, 0.2) is 0 Å². The molecule has 1 aromatic rings. The van der Waals surface area contributed by atoms with E-state index in [9.17, 15) is 0 Å². The van der Waals surface area contributed by atoms with E-state index >= 15 is 0 Å². The van der Waals surface area contributed by atoms with Gasteiger partial charge in [0.25, 0.3) is 0 Å². The van der Waals surface area contributed by atoms with Crippen LogP contribution in [0.15, 0.2) is 18.2 Å². The van der Waals surface area contributed by atoms with Gasteiger partial charge in [-0.05, 0) is 36.9 Å². The molecule has 1 aliphatic rings. The molecule has 0 aromatic heterocycles. The van der Waals surface area contributed by atoms with Crippen molar-refractivity contribution < 1.29 is 0 Å². The van der Waals surface area contributed by atoms with Crippen LogP contribution >= 0.6 is 0 Å². The zero-order chi connectivity index (χ0) is 9.26. The molecule has 2 rings (SSSR count). The number of nitrogens with one attached hydrogen (secondary N) is 1. The average molecular weight is 175 g/mol. The molecular weight excluding hydrogens is 158 g/mol. The van der Waals surface area contributed by atoms with E-state index in [0.29, 0.717) is 5.92 Å². The Bertz CT molecular complexity index is 304. The second-order valence-electron chi connectivity index (χ2n) is 4.06. The minimum absolute atomic E-state index is 0.665. The lowest BCUT2D eigenvalue weighted by atomic mass is 9.94. The van der Waals surface area contributed by atoms with E-state index in [1.54, 1.807) is 0 Å². The Labute approximate surface area is 80.2 Å². The quantitative estimate of drug-likeness (QED) is 0.637. The fourth-order valence-corrected chi connectivity index (χ4v) is 2.08. The molecule has 1 aliphatic heterocycles. The van der Waals surface area contributed by atoms with Crippen LogP contribution in [0.2, 0.25) is 0 Å². The van der Waals surface area contributed by atoms with Crippen molar-refractivity contribution in [2.45, 2.75) is 26.2 Å². The van der Waals surface area contributed by atoms with Crippen LogP contribution in [-0.2, 0) is 6.42 Å². The Morgan fingerprint density at radius 2 is 2.23 bits per heavy atom. The van der Waals surface area contributed by atoms with E-state index in [-0.39, 0.29) is 0 Å². The highest BCUT2D eigenvalue weighted by atomic mass is 14.9. The van der Waals surface area contributed by atoms with Crippen molar-refractivity contribution in [3.8, 4) is 0 Å². The van der Waals surface area contributed by atoms with Gasteiger partial charge in [0, 0.05) is 6.54 Å². The van der Waals surface area contributed by atoms with Gasteiger partial charge in [-0.1, -0.05) is 30.7 Å². The monoisotopic (exact) mass is 175 g/mol. The number of benzene rings is 1. The largest absolute Gasteiger partial charge is 0.316 e. The van der Waals surface area contributed by atoms with Crippen LogP contribution in [0.3, 0.4) is 0 Å². The predicted molar refractivity (Wildman–Crippen MR) is 56.2 cm³/mol. The van der Waals surface area contributed by atoms with E-state index in [4.69, 9.17) is 0 Å². The van der Waals surface area contributed by atoms with Gasteiger partial charge in [-0.25, -0.2) is 0 Å². The van der Waals surface area contributed by atoms with Crippen LogP contribution in [0.4, 0.5) is 0 Å².